The van der Waals surface area contributed by atoms with Crippen LogP contribution in [0, 0.1) is 5.41 Å². The van der Waals surface area contributed by atoms with Crippen molar-refractivity contribution in [3.8, 4) is 22.9 Å². The maximum atomic E-state index is 13.5. The lowest BCUT2D eigenvalue weighted by Crippen LogP contribution is -2.43. The first-order valence-electron chi connectivity index (χ1n) is 11.8. The number of thioether (sulfide) groups is 1. The van der Waals surface area contributed by atoms with Gasteiger partial charge in [0.15, 0.2) is 5.17 Å². The van der Waals surface area contributed by atoms with Crippen LogP contribution >= 0.6 is 11.8 Å². The minimum Gasteiger partial charge on any atom is -0.438 e. The number of nitrogens with one attached hydrogen (secondary N) is 1. The molecule has 1 N–H and O–H groups in total. The fourth-order valence-electron chi connectivity index (χ4n) is 4.62. The number of carbonyl (C=O) groups excluding carboxylic acids is 2. The fourth-order valence-corrected chi connectivity index (χ4v) is 5.34. The molecule has 2 aliphatic heterocycles. The number of amides is 2. The highest BCUT2D eigenvalue weighted by Gasteiger charge is 2.44. The largest absolute Gasteiger partial charge is 0.438 e. The van der Waals surface area contributed by atoms with E-state index in [4.69, 9.17) is 9.72 Å². The van der Waals surface area contributed by atoms with Gasteiger partial charge in [0.25, 0.3) is 5.91 Å². The van der Waals surface area contributed by atoms with Crippen molar-refractivity contribution in [3.63, 3.8) is 0 Å². The van der Waals surface area contributed by atoms with Crippen LogP contribution in [0.25, 0.3) is 11.3 Å². The van der Waals surface area contributed by atoms with Crippen molar-refractivity contribution in [2.24, 2.45) is 10.4 Å². The first-order chi connectivity index (χ1) is 17.3. The van der Waals surface area contributed by atoms with Crippen LogP contribution in [0.2, 0.25) is 0 Å². The fraction of sp³-hybridized carbons (Fsp3) is 0.286. The van der Waals surface area contributed by atoms with E-state index in [1.165, 1.54) is 0 Å². The zero-order valence-corrected chi connectivity index (χ0v) is 21.6. The number of para-hydroxylation sites is 1. The number of aliphatic imine (C=N–C) groups is 1. The van der Waals surface area contributed by atoms with Crippen molar-refractivity contribution < 1.29 is 14.3 Å². The summed E-state index contributed by atoms with van der Waals surface area (Å²) in [6, 6.07) is 19.1. The monoisotopic (exact) mass is 500 g/mol. The van der Waals surface area contributed by atoms with Gasteiger partial charge in [-0.25, -0.2) is 4.98 Å². The predicted molar refractivity (Wildman–Crippen MR) is 143 cm³/mol. The Kier molecular flexibility index (Phi) is 6.30. The summed E-state index contributed by atoms with van der Waals surface area (Å²) in [4.78, 5) is 36.5. The highest BCUT2D eigenvalue weighted by molar-refractivity contribution is 8.14. The number of rotatable bonds is 4. The number of hydrogen-bond acceptors (Lipinski definition) is 6. The predicted octanol–water partition coefficient (Wildman–Crippen LogP) is 4.93. The lowest BCUT2D eigenvalue weighted by atomic mass is 9.69. The van der Waals surface area contributed by atoms with Crippen LogP contribution in [-0.4, -0.2) is 53.3 Å². The normalized spacial score (nSPS) is 16.3. The molecule has 7 nitrogen and oxygen atoms in total. The Labute approximate surface area is 215 Å². The molecule has 8 heteroatoms. The highest BCUT2D eigenvalue weighted by atomic mass is 32.2. The van der Waals surface area contributed by atoms with Gasteiger partial charge in [-0.2, -0.15) is 0 Å². The number of nitrogens with zero attached hydrogens (tertiary/aromatic N) is 3. The molecule has 0 fully saturated rings. The zero-order chi connectivity index (χ0) is 25.4. The maximum absolute atomic E-state index is 13.5. The molecule has 36 heavy (non-hydrogen) atoms. The van der Waals surface area contributed by atoms with Gasteiger partial charge in [0.1, 0.15) is 5.75 Å². The summed E-state index contributed by atoms with van der Waals surface area (Å²) in [5, 5.41) is 3.70. The summed E-state index contributed by atoms with van der Waals surface area (Å²) < 4.78 is 6.24. The molecule has 2 aromatic carbocycles. The number of hydrogen-bond donors (Lipinski definition) is 1. The molecule has 0 bridgehead atoms. The molecule has 184 valence electrons. The second-order valence-electron chi connectivity index (χ2n) is 9.65. The smallest absolute Gasteiger partial charge is 0.253 e. The summed E-state index contributed by atoms with van der Waals surface area (Å²) in [5.41, 5.74) is 3.24. The highest BCUT2D eigenvalue weighted by Crippen LogP contribution is 2.51. The van der Waals surface area contributed by atoms with Crippen LogP contribution in [0.3, 0.4) is 0 Å². The van der Waals surface area contributed by atoms with Crippen molar-refractivity contribution in [3.05, 3.63) is 77.4 Å². The van der Waals surface area contributed by atoms with Gasteiger partial charge in [0, 0.05) is 48.0 Å². The van der Waals surface area contributed by atoms with Crippen LogP contribution in [0.1, 0.15) is 41.3 Å². The van der Waals surface area contributed by atoms with E-state index in [0.29, 0.717) is 22.4 Å². The van der Waals surface area contributed by atoms with Crippen molar-refractivity contribution in [2.45, 2.75) is 19.8 Å². The van der Waals surface area contributed by atoms with Crippen LogP contribution < -0.4 is 10.1 Å². The summed E-state index contributed by atoms with van der Waals surface area (Å²) in [6.45, 7) is 4.63. The van der Waals surface area contributed by atoms with E-state index in [0.717, 1.165) is 34.7 Å². The molecule has 3 heterocycles. The lowest BCUT2D eigenvalue weighted by Gasteiger charge is -2.37. The second kappa shape index (κ2) is 9.43. The van der Waals surface area contributed by atoms with Crippen molar-refractivity contribution in [2.75, 3.05) is 26.4 Å². The average Bonchev–Trinajstić information content (AvgIpc) is 3.39. The summed E-state index contributed by atoms with van der Waals surface area (Å²) in [7, 11) is 3.46. The van der Waals surface area contributed by atoms with Gasteiger partial charge in [0.05, 0.1) is 17.7 Å². The molecule has 0 aliphatic carbocycles. The molecule has 1 unspecified atom stereocenters. The van der Waals surface area contributed by atoms with Crippen molar-refractivity contribution in [1.82, 2.24) is 15.2 Å². The Hall–Kier alpha value is -3.65. The average molecular weight is 501 g/mol. The zero-order valence-electron chi connectivity index (χ0n) is 20.7. The molecular weight excluding hydrogens is 472 g/mol. The Morgan fingerprint density at radius 2 is 1.78 bits per heavy atom. The van der Waals surface area contributed by atoms with E-state index in [1.54, 1.807) is 42.9 Å². The van der Waals surface area contributed by atoms with Gasteiger partial charge in [-0.05, 0) is 24.3 Å². The number of amidine groups is 1. The van der Waals surface area contributed by atoms with E-state index in [-0.39, 0.29) is 17.7 Å². The Morgan fingerprint density at radius 3 is 2.47 bits per heavy atom. The van der Waals surface area contributed by atoms with E-state index in [2.05, 4.69) is 10.3 Å². The summed E-state index contributed by atoms with van der Waals surface area (Å²) >= 11 is 1.57. The van der Waals surface area contributed by atoms with Gasteiger partial charge < -0.3 is 15.0 Å². The molecule has 0 saturated heterocycles. The minimum atomic E-state index is -0.794. The van der Waals surface area contributed by atoms with Crippen LogP contribution in [0.15, 0.2) is 65.7 Å². The van der Waals surface area contributed by atoms with E-state index in [1.807, 2.05) is 62.4 Å². The van der Waals surface area contributed by atoms with Gasteiger partial charge in [-0.1, -0.05) is 62.0 Å². The second-order valence-corrected chi connectivity index (χ2v) is 10.7. The van der Waals surface area contributed by atoms with Crippen LogP contribution in [0.4, 0.5) is 0 Å². The molecule has 0 radical (unpaired) electrons. The van der Waals surface area contributed by atoms with Gasteiger partial charge in [-0.15, -0.1) is 0 Å². The topological polar surface area (TPSA) is 83.9 Å². The van der Waals surface area contributed by atoms with Gasteiger partial charge >= 0.3 is 0 Å². The molecule has 2 amide bonds. The van der Waals surface area contributed by atoms with E-state index >= 15 is 0 Å². The Morgan fingerprint density at radius 1 is 1.03 bits per heavy atom. The lowest BCUT2D eigenvalue weighted by molar-refractivity contribution is -0.128. The number of ether oxygens (including phenoxy) is 1. The van der Waals surface area contributed by atoms with E-state index in [9.17, 15) is 9.59 Å². The minimum absolute atomic E-state index is 0.0507. The molecule has 0 spiro atoms. The standard InChI is InChI=1S/C28H28N4O3S/c1-28(2,26(34)31-27-29-15-16-36-27)23-19-7-5-6-8-22(19)35-24-20(23)13-14-21(30-24)17-9-11-18(12-10-17)25(33)32(3)4/h5-14,23H,15-16H2,1-4H3,(H,29,31,34). The Bertz CT molecular complexity index is 1370. The summed E-state index contributed by atoms with van der Waals surface area (Å²) in [6.07, 6.45) is 0. The summed E-state index contributed by atoms with van der Waals surface area (Å²) in [5.74, 6) is 1.67. The van der Waals surface area contributed by atoms with Crippen LogP contribution in [0.5, 0.6) is 11.6 Å². The molecule has 5 rings (SSSR count). The van der Waals surface area contributed by atoms with Crippen molar-refractivity contribution >= 4 is 28.7 Å². The Balaban J connectivity index is 1.51. The number of fused-ring (bicyclic) bond motifs is 2. The molecule has 1 aromatic heterocycles. The number of pyridine rings is 1. The van der Waals surface area contributed by atoms with Gasteiger partial charge in [-0.3, -0.25) is 14.6 Å². The first kappa shape index (κ1) is 24.1. The third-order valence-electron chi connectivity index (χ3n) is 6.58. The SMILES string of the molecule is CN(C)C(=O)c1ccc(-c2ccc3c(n2)Oc2ccccc2C3C(C)(C)C(=O)NC2=NCCS2)cc1. The van der Waals surface area contributed by atoms with Crippen LogP contribution in [-0.2, 0) is 4.79 Å². The maximum Gasteiger partial charge on any atom is 0.253 e. The third-order valence-corrected chi connectivity index (χ3v) is 7.48. The molecule has 0 saturated carbocycles. The number of benzene rings is 2. The van der Waals surface area contributed by atoms with Gasteiger partial charge in [0.2, 0.25) is 11.8 Å². The third kappa shape index (κ3) is 4.37. The number of aromatic nitrogens is 1. The van der Waals surface area contributed by atoms with E-state index < -0.39 is 5.41 Å². The van der Waals surface area contributed by atoms with Crippen molar-refractivity contribution in [1.29, 1.82) is 0 Å². The molecule has 2 aliphatic rings. The number of carbonyl (C=O) groups is 2. The molecular formula is C28H28N4O3S. The molecule has 1 atom stereocenters. The quantitative estimate of drug-likeness (QED) is 0.549. The first-order valence-corrected chi connectivity index (χ1v) is 12.8. The molecule has 3 aromatic rings.